The van der Waals surface area contributed by atoms with Crippen LogP contribution in [-0.4, -0.2) is 9.38 Å². The van der Waals surface area contributed by atoms with E-state index >= 15 is 0 Å². The van der Waals surface area contributed by atoms with Crippen LogP contribution >= 0.6 is 11.3 Å². The second-order valence-corrected chi connectivity index (χ2v) is 4.17. The third-order valence-electron chi connectivity index (χ3n) is 2.46. The Bertz CT molecular complexity index is 539. The molecular formula is C10H12N2OS. The van der Waals surface area contributed by atoms with Crippen molar-refractivity contribution in [1.82, 2.24) is 9.38 Å². The molecule has 74 valence electrons. The molecule has 0 aliphatic heterocycles. The Kier molecular flexibility index (Phi) is 2.15. The third kappa shape index (κ3) is 1.18. The van der Waals surface area contributed by atoms with E-state index in [9.17, 15) is 4.79 Å². The molecule has 0 spiro atoms. The molecule has 2 heterocycles. The largest absolute Gasteiger partial charge is 0.293 e. The molecule has 0 aliphatic rings. The van der Waals surface area contributed by atoms with Crippen molar-refractivity contribution in [3.8, 4) is 0 Å². The van der Waals surface area contributed by atoms with E-state index in [4.69, 9.17) is 0 Å². The summed E-state index contributed by atoms with van der Waals surface area (Å²) in [6.45, 7) is 6.00. The number of rotatable bonds is 1. The van der Waals surface area contributed by atoms with Gasteiger partial charge in [0.15, 0.2) is 4.96 Å². The van der Waals surface area contributed by atoms with Gasteiger partial charge in [-0.15, -0.1) is 11.3 Å². The first-order valence-corrected chi connectivity index (χ1v) is 5.49. The van der Waals surface area contributed by atoms with E-state index in [1.807, 2.05) is 30.6 Å². The van der Waals surface area contributed by atoms with Crippen molar-refractivity contribution in [3.63, 3.8) is 0 Å². The van der Waals surface area contributed by atoms with Crippen molar-refractivity contribution < 1.29 is 0 Å². The van der Waals surface area contributed by atoms with E-state index in [1.165, 1.54) is 11.3 Å². The fourth-order valence-corrected chi connectivity index (χ4v) is 2.63. The lowest BCUT2D eigenvalue weighted by molar-refractivity contribution is 0.927. The number of fused-ring (bicyclic) bond motifs is 1. The van der Waals surface area contributed by atoms with E-state index < -0.39 is 0 Å². The summed E-state index contributed by atoms with van der Waals surface area (Å²) in [4.78, 5) is 16.4. The van der Waals surface area contributed by atoms with Gasteiger partial charge < -0.3 is 0 Å². The molecule has 0 fully saturated rings. The van der Waals surface area contributed by atoms with E-state index in [1.54, 1.807) is 0 Å². The lowest BCUT2D eigenvalue weighted by Crippen LogP contribution is -2.17. The SMILES string of the molecule is CCc1c(C)n2c(C)csc2nc1=O. The minimum Gasteiger partial charge on any atom is -0.293 e. The monoisotopic (exact) mass is 208 g/mol. The summed E-state index contributed by atoms with van der Waals surface area (Å²) < 4.78 is 2.05. The number of thiazole rings is 1. The van der Waals surface area contributed by atoms with Gasteiger partial charge in [0.25, 0.3) is 5.56 Å². The maximum Gasteiger partial charge on any atom is 0.277 e. The molecule has 0 amide bonds. The van der Waals surface area contributed by atoms with Crippen LogP contribution in [0.1, 0.15) is 23.9 Å². The van der Waals surface area contributed by atoms with Gasteiger partial charge in [0.1, 0.15) is 0 Å². The number of hydrogen-bond donors (Lipinski definition) is 0. The van der Waals surface area contributed by atoms with Gasteiger partial charge in [-0.2, -0.15) is 4.98 Å². The van der Waals surface area contributed by atoms with Crippen LogP contribution in [0.25, 0.3) is 4.96 Å². The van der Waals surface area contributed by atoms with Crippen LogP contribution in [-0.2, 0) is 6.42 Å². The molecular weight excluding hydrogens is 196 g/mol. The molecule has 0 bridgehead atoms. The zero-order valence-electron chi connectivity index (χ0n) is 8.50. The summed E-state index contributed by atoms with van der Waals surface area (Å²) in [6, 6.07) is 0. The maximum atomic E-state index is 11.6. The number of nitrogens with zero attached hydrogens (tertiary/aromatic N) is 2. The second-order valence-electron chi connectivity index (χ2n) is 3.33. The fraction of sp³-hybridized carbons (Fsp3) is 0.400. The average Bonchev–Trinajstić information content (AvgIpc) is 2.48. The van der Waals surface area contributed by atoms with Gasteiger partial charge in [-0.05, 0) is 20.3 Å². The van der Waals surface area contributed by atoms with E-state index in [-0.39, 0.29) is 5.56 Å². The van der Waals surface area contributed by atoms with Gasteiger partial charge in [0.2, 0.25) is 0 Å². The molecule has 0 saturated carbocycles. The third-order valence-corrected chi connectivity index (χ3v) is 3.40. The smallest absolute Gasteiger partial charge is 0.277 e. The van der Waals surface area contributed by atoms with Crippen molar-refractivity contribution in [2.75, 3.05) is 0 Å². The first-order chi connectivity index (χ1) is 6.65. The first kappa shape index (κ1) is 9.40. The molecule has 0 radical (unpaired) electrons. The summed E-state index contributed by atoms with van der Waals surface area (Å²) in [6.07, 6.45) is 0.746. The normalized spacial score (nSPS) is 11.1. The molecule has 14 heavy (non-hydrogen) atoms. The molecule has 2 aromatic rings. The van der Waals surface area contributed by atoms with Crippen LogP contribution < -0.4 is 5.56 Å². The zero-order chi connectivity index (χ0) is 10.3. The Hall–Kier alpha value is -1.16. The molecule has 0 atom stereocenters. The highest BCUT2D eigenvalue weighted by atomic mass is 32.1. The predicted octanol–water partition coefficient (Wildman–Crippen LogP) is 1.94. The summed E-state index contributed by atoms with van der Waals surface area (Å²) in [7, 11) is 0. The number of aryl methyl sites for hydroxylation is 2. The molecule has 0 saturated heterocycles. The topological polar surface area (TPSA) is 34.4 Å². The van der Waals surface area contributed by atoms with Gasteiger partial charge in [-0.25, -0.2) is 0 Å². The van der Waals surface area contributed by atoms with Crippen molar-refractivity contribution in [3.05, 3.63) is 32.7 Å². The van der Waals surface area contributed by atoms with Crippen LogP contribution in [0, 0.1) is 13.8 Å². The van der Waals surface area contributed by atoms with Crippen molar-refractivity contribution in [1.29, 1.82) is 0 Å². The molecule has 4 heteroatoms. The summed E-state index contributed by atoms with van der Waals surface area (Å²) in [5.41, 5.74) is 2.92. The lowest BCUT2D eigenvalue weighted by Gasteiger charge is -2.05. The second kappa shape index (κ2) is 3.20. The highest BCUT2D eigenvalue weighted by molar-refractivity contribution is 7.15. The minimum absolute atomic E-state index is 0.0770. The van der Waals surface area contributed by atoms with Gasteiger partial charge in [0, 0.05) is 22.3 Å². The number of hydrogen-bond acceptors (Lipinski definition) is 3. The molecule has 0 aliphatic carbocycles. The highest BCUT2D eigenvalue weighted by Crippen LogP contribution is 2.16. The average molecular weight is 208 g/mol. The Morgan fingerprint density at radius 2 is 2.21 bits per heavy atom. The lowest BCUT2D eigenvalue weighted by atomic mass is 10.2. The minimum atomic E-state index is -0.0770. The molecule has 0 unspecified atom stereocenters. The van der Waals surface area contributed by atoms with Gasteiger partial charge >= 0.3 is 0 Å². The van der Waals surface area contributed by atoms with Crippen LogP contribution in [0.3, 0.4) is 0 Å². The molecule has 0 aromatic carbocycles. The fourth-order valence-electron chi connectivity index (χ4n) is 1.73. The van der Waals surface area contributed by atoms with Crippen LogP contribution in [0.15, 0.2) is 10.2 Å². The zero-order valence-corrected chi connectivity index (χ0v) is 9.31. The van der Waals surface area contributed by atoms with E-state index in [0.717, 1.165) is 28.3 Å². The Balaban J connectivity index is 2.97. The maximum absolute atomic E-state index is 11.6. The van der Waals surface area contributed by atoms with Gasteiger partial charge in [-0.1, -0.05) is 6.92 Å². The van der Waals surface area contributed by atoms with Crippen LogP contribution in [0.5, 0.6) is 0 Å². The standard InChI is InChI=1S/C10H12N2OS/c1-4-8-7(3)12-6(2)5-14-10(12)11-9(8)13/h5H,4H2,1-3H3. The van der Waals surface area contributed by atoms with Gasteiger partial charge in [0.05, 0.1) is 0 Å². The van der Waals surface area contributed by atoms with Crippen molar-refractivity contribution >= 4 is 16.3 Å². The summed E-state index contributed by atoms with van der Waals surface area (Å²) >= 11 is 1.51. The molecule has 2 aromatic heterocycles. The van der Waals surface area contributed by atoms with Crippen molar-refractivity contribution in [2.24, 2.45) is 0 Å². The Morgan fingerprint density at radius 1 is 1.50 bits per heavy atom. The molecule has 3 nitrogen and oxygen atoms in total. The van der Waals surface area contributed by atoms with Gasteiger partial charge in [-0.3, -0.25) is 9.20 Å². The highest BCUT2D eigenvalue weighted by Gasteiger charge is 2.09. The van der Waals surface area contributed by atoms with Crippen LogP contribution in [0.2, 0.25) is 0 Å². The quantitative estimate of drug-likeness (QED) is 0.717. The molecule has 2 rings (SSSR count). The van der Waals surface area contributed by atoms with Crippen molar-refractivity contribution in [2.45, 2.75) is 27.2 Å². The summed E-state index contributed by atoms with van der Waals surface area (Å²) in [5.74, 6) is 0. The molecule has 0 N–H and O–H groups in total. The first-order valence-electron chi connectivity index (χ1n) is 4.61. The van der Waals surface area contributed by atoms with Crippen LogP contribution in [0.4, 0.5) is 0 Å². The summed E-state index contributed by atoms with van der Waals surface area (Å²) in [5, 5.41) is 2.02. The Morgan fingerprint density at radius 3 is 2.86 bits per heavy atom. The number of aromatic nitrogens is 2. The van der Waals surface area contributed by atoms with E-state index in [0.29, 0.717) is 0 Å². The van der Waals surface area contributed by atoms with E-state index in [2.05, 4.69) is 4.98 Å². The Labute approximate surface area is 86.0 Å². The predicted molar refractivity (Wildman–Crippen MR) is 58.2 cm³/mol.